The molecule has 0 bridgehead atoms. The highest BCUT2D eigenvalue weighted by Crippen LogP contribution is 2.37. The number of hydrogen-bond donors (Lipinski definition) is 3. The van der Waals surface area contributed by atoms with Gasteiger partial charge < -0.3 is 16.0 Å². The highest BCUT2D eigenvalue weighted by molar-refractivity contribution is 8.00. The fraction of sp³-hybridized carbons (Fsp3) is 0.103. The topological polar surface area (TPSA) is 87.3 Å². The summed E-state index contributed by atoms with van der Waals surface area (Å²) in [6.45, 7) is 4.21. The summed E-state index contributed by atoms with van der Waals surface area (Å²) in [5, 5.41) is 7.71. The van der Waals surface area contributed by atoms with Gasteiger partial charge in [-0.05, 0) is 77.2 Å². The second kappa shape index (κ2) is 16.1. The lowest BCUT2D eigenvalue weighted by molar-refractivity contribution is -0.116. The molecule has 5 rings (SSSR count). The Bertz CT molecular complexity index is 1930. The van der Waals surface area contributed by atoms with E-state index in [-0.39, 0.29) is 16.6 Å². The van der Waals surface area contributed by atoms with Gasteiger partial charge in [0.25, 0.3) is 11.8 Å². The number of carbonyl (C=O) groups is 3. The molecule has 1 unspecified atom stereocenters. The summed E-state index contributed by atoms with van der Waals surface area (Å²) < 4.78 is 13.7. The van der Waals surface area contributed by atoms with Crippen LogP contribution in [0.1, 0.15) is 52.1 Å². The molecule has 3 N–H and O–H groups in total. The van der Waals surface area contributed by atoms with E-state index in [1.807, 2.05) is 66.7 Å². The Balaban J connectivity index is 1.38. The van der Waals surface area contributed by atoms with E-state index in [2.05, 4.69) is 29.8 Å². The Hall–Kier alpha value is -5.18. The van der Waals surface area contributed by atoms with Crippen molar-refractivity contribution in [2.75, 3.05) is 10.6 Å². The van der Waals surface area contributed by atoms with Gasteiger partial charge in [0.05, 0.1) is 5.02 Å². The quantitative estimate of drug-likeness (QED) is 0.0960. The van der Waals surface area contributed by atoms with Crippen LogP contribution in [0.15, 0.2) is 138 Å². The van der Waals surface area contributed by atoms with E-state index < -0.39 is 22.9 Å². The Kier molecular flexibility index (Phi) is 11.4. The van der Waals surface area contributed by atoms with Crippen LogP contribution >= 0.6 is 23.4 Å². The summed E-state index contributed by atoms with van der Waals surface area (Å²) in [5.41, 5.74) is 3.98. The summed E-state index contributed by atoms with van der Waals surface area (Å²) in [7, 11) is 0. The van der Waals surface area contributed by atoms with Crippen molar-refractivity contribution in [3.8, 4) is 0 Å². The molecule has 242 valence electrons. The molecule has 0 saturated heterocycles. The van der Waals surface area contributed by atoms with E-state index in [0.717, 1.165) is 16.7 Å². The number of benzene rings is 5. The first-order chi connectivity index (χ1) is 23.2. The number of thioether (sulfide) groups is 1. The van der Waals surface area contributed by atoms with Crippen LogP contribution in [0.25, 0.3) is 6.08 Å². The summed E-state index contributed by atoms with van der Waals surface area (Å²) in [5.74, 6) is -1.49. The molecule has 0 heterocycles. The van der Waals surface area contributed by atoms with E-state index in [4.69, 9.17) is 11.6 Å². The fourth-order valence-corrected chi connectivity index (χ4v) is 6.01. The van der Waals surface area contributed by atoms with Gasteiger partial charge in [-0.1, -0.05) is 104 Å². The van der Waals surface area contributed by atoms with Crippen molar-refractivity contribution < 1.29 is 18.8 Å². The van der Waals surface area contributed by atoms with Gasteiger partial charge in [0.15, 0.2) is 0 Å². The molecule has 3 amide bonds. The summed E-state index contributed by atoms with van der Waals surface area (Å²) in [6, 6.07) is 36.8. The van der Waals surface area contributed by atoms with Crippen LogP contribution in [0.3, 0.4) is 0 Å². The number of anilines is 2. The van der Waals surface area contributed by atoms with Crippen molar-refractivity contribution in [3.05, 3.63) is 166 Å². The molecule has 0 aliphatic heterocycles. The van der Waals surface area contributed by atoms with E-state index in [9.17, 15) is 18.8 Å². The molecule has 0 spiro atoms. The molecule has 0 aromatic heterocycles. The maximum absolute atomic E-state index is 13.7. The number of amides is 3. The third kappa shape index (κ3) is 9.21. The van der Waals surface area contributed by atoms with Crippen LogP contribution in [0.5, 0.6) is 0 Å². The molecular formula is C39H33ClFN3O3S. The number of carbonyl (C=O) groups excluding carboxylic acids is 3. The van der Waals surface area contributed by atoms with Gasteiger partial charge in [0.2, 0.25) is 5.91 Å². The predicted molar refractivity (Wildman–Crippen MR) is 193 cm³/mol. The Morgan fingerprint density at radius 2 is 1.40 bits per heavy atom. The van der Waals surface area contributed by atoms with Crippen LogP contribution in [0.4, 0.5) is 15.8 Å². The van der Waals surface area contributed by atoms with Crippen LogP contribution in [0.2, 0.25) is 5.02 Å². The minimum absolute atomic E-state index is 0.0682. The monoisotopic (exact) mass is 677 g/mol. The maximum atomic E-state index is 13.7. The molecule has 48 heavy (non-hydrogen) atoms. The predicted octanol–water partition coefficient (Wildman–Crippen LogP) is 9.48. The minimum atomic E-state index is -0.685. The maximum Gasteiger partial charge on any atom is 0.272 e. The van der Waals surface area contributed by atoms with Crippen LogP contribution in [-0.4, -0.2) is 17.7 Å². The van der Waals surface area contributed by atoms with Gasteiger partial charge in [-0.15, -0.1) is 11.8 Å². The first-order valence-electron chi connectivity index (χ1n) is 15.2. The van der Waals surface area contributed by atoms with Gasteiger partial charge in [-0.2, -0.15) is 0 Å². The Morgan fingerprint density at radius 1 is 0.729 bits per heavy atom. The van der Waals surface area contributed by atoms with Crippen molar-refractivity contribution in [3.63, 3.8) is 0 Å². The van der Waals surface area contributed by atoms with E-state index in [1.54, 1.807) is 48.5 Å². The number of halogens is 2. The van der Waals surface area contributed by atoms with Crippen LogP contribution < -0.4 is 16.0 Å². The molecule has 5 aromatic carbocycles. The van der Waals surface area contributed by atoms with E-state index in [1.165, 1.54) is 30.0 Å². The van der Waals surface area contributed by atoms with Gasteiger partial charge in [-0.25, -0.2) is 4.39 Å². The lowest BCUT2D eigenvalue weighted by Gasteiger charge is -2.18. The second-order valence-corrected chi connectivity index (χ2v) is 12.8. The zero-order chi connectivity index (χ0) is 34.0. The SMILES string of the molecule is CC(C)c1ccc(/C=C(/NC(=O)c2ccccc2)C(=O)Nc2cccc(SC(C(=O)Nc3ccc(F)c(Cl)c3)c3ccccc3)c2)cc1. The summed E-state index contributed by atoms with van der Waals surface area (Å²) >= 11 is 7.22. The van der Waals surface area contributed by atoms with Crippen molar-refractivity contribution in [1.82, 2.24) is 5.32 Å². The number of nitrogens with one attached hydrogen (secondary N) is 3. The lowest BCUT2D eigenvalue weighted by Crippen LogP contribution is -2.30. The molecule has 6 nitrogen and oxygen atoms in total. The fourth-order valence-electron chi connectivity index (χ4n) is 4.75. The van der Waals surface area contributed by atoms with Crippen molar-refractivity contribution >= 4 is 58.5 Å². The largest absolute Gasteiger partial charge is 0.325 e. The summed E-state index contributed by atoms with van der Waals surface area (Å²) in [4.78, 5) is 41.0. The van der Waals surface area contributed by atoms with Gasteiger partial charge in [0.1, 0.15) is 16.8 Å². The standard InChI is InChI=1S/C39H33ClFN3O3S/c1-25(2)27-18-16-26(17-19-27)22-35(44-37(45)29-12-7-4-8-13-29)38(46)42-30-14-9-15-32(23-30)48-36(28-10-5-3-6-11-28)39(47)43-31-20-21-34(41)33(40)24-31/h3-25,36H,1-2H3,(H,42,46)(H,43,47)(H,44,45)/b35-22+. The van der Waals surface area contributed by atoms with Gasteiger partial charge in [-0.3, -0.25) is 14.4 Å². The van der Waals surface area contributed by atoms with Crippen molar-refractivity contribution in [2.45, 2.75) is 29.9 Å². The first kappa shape index (κ1) is 34.2. The van der Waals surface area contributed by atoms with Gasteiger partial charge in [0, 0.05) is 21.8 Å². The highest BCUT2D eigenvalue weighted by Gasteiger charge is 2.23. The normalized spacial score (nSPS) is 11.9. The van der Waals surface area contributed by atoms with E-state index >= 15 is 0 Å². The average molecular weight is 678 g/mol. The van der Waals surface area contributed by atoms with Crippen LogP contribution in [0, 0.1) is 5.82 Å². The molecule has 0 fully saturated rings. The zero-order valence-corrected chi connectivity index (χ0v) is 27.8. The zero-order valence-electron chi connectivity index (χ0n) is 26.2. The first-order valence-corrected chi connectivity index (χ1v) is 16.5. The van der Waals surface area contributed by atoms with Crippen molar-refractivity contribution in [2.24, 2.45) is 0 Å². The molecule has 0 saturated carbocycles. The van der Waals surface area contributed by atoms with Crippen molar-refractivity contribution in [1.29, 1.82) is 0 Å². The molecule has 1 atom stereocenters. The lowest BCUT2D eigenvalue weighted by atomic mass is 10.0. The van der Waals surface area contributed by atoms with Gasteiger partial charge >= 0.3 is 0 Å². The molecule has 5 aromatic rings. The number of rotatable bonds is 11. The smallest absolute Gasteiger partial charge is 0.272 e. The number of hydrogen-bond acceptors (Lipinski definition) is 4. The molecule has 0 radical (unpaired) electrons. The minimum Gasteiger partial charge on any atom is -0.325 e. The molecule has 0 aliphatic carbocycles. The highest BCUT2D eigenvalue weighted by atomic mass is 35.5. The third-order valence-electron chi connectivity index (χ3n) is 7.32. The Labute approximate surface area is 288 Å². The average Bonchev–Trinajstić information content (AvgIpc) is 3.09. The Morgan fingerprint density at radius 3 is 2.06 bits per heavy atom. The summed E-state index contributed by atoms with van der Waals surface area (Å²) in [6.07, 6.45) is 1.64. The molecule has 9 heteroatoms. The van der Waals surface area contributed by atoms with Crippen LogP contribution in [-0.2, 0) is 9.59 Å². The van der Waals surface area contributed by atoms with E-state index in [0.29, 0.717) is 27.8 Å². The molecule has 0 aliphatic rings. The third-order valence-corrected chi connectivity index (χ3v) is 8.85. The second-order valence-electron chi connectivity index (χ2n) is 11.2. The molecular weight excluding hydrogens is 645 g/mol.